The Morgan fingerprint density at radius 2 is 2.04 bits per heavy atom. The average molecular weight is 387 g/mol. The van der Waals surface area contributed by atoms with Crippen molar-refractivity contribution in [3.8, 4) is 11.3 Å². The van der Waals surface area contributed by atoms with Crippen LogP contribution in [0.4, 0.5) is 0 Å². The normalized spacial score (nSPS) is 17.0. The first-order valence-corrected chi connectivity index (χ1v) is 10.4. The summed E-state index contributed by atoms with van der Waals surface area (Å²) in [6.07, 6.45) is 3.75. The Bertz CT molecular complexity index is 1050. The summed E-state index contributed by atoms with van der Waals surface area (Å²) in [4.78, 5) is 8.94. The van der Waals surface area contributed by atoms with Gasteiger partial charge >= 0.3 is 0 Å². The second kappa shape index (κ2) is 6.90. The Morgan fingerprint density at radius 1 is 1.26 bits per heavy atom. The van der Waals surface area contributed by atoms with Crippen molar-refractivity contribution >= 4 is 10.0 Å². The van der Waals surface area contributed by atoms with Gasteiger partial charge in [-0.15, -0.1) is 0 Å². The van der Waals surface area contributed by atoms with Crippen LogP contribution in [0, 0.1) is 6.92 Å². The maximum absolute atomic E-state index is 12.7. The molecule has 0 amide bonds. The fraction of sp³-hybridized carbons (Fsp3) is 0.389. The van der Waals surface area contributed by atoms with E-state index in [1.807, 2.05) is 11.6 Å². The van der Waals surface area contributed by atoms with Gasteiger partial charge in [-0.1, -0.05) is 19.1 Å². The van der Waals surface area contributed by atoms with E-state index < -0.39 is 10.0 Å². The molecule has 2 aromatic heterocycles. The number of fused-ring (bicyclic) bond motifs is 1. The van der Waals surface area contributed by atoms with Gasteiger partial charge in [0.05, 0.1) is 11.4 Å². The number of rotatable bonds is 5. The quantitative estimate of drug-likeness (QED) is 0.719. The summed E-state index contributed by atoms with van der Waals surface area (Å²) in [5.74, 6) is 2.29. The number of nitrogens with zero attached hydrogens (tertiary/aromatic N) is 4. The topological polar surface area (TPSA) is 103 Å². The third-order valence-electron chi connectivity index (χ3n) is 4.62. The van der Waals surface area contributed by atoms with Crippen molar-refractivity contribution in [3.05, 3.63) is 48.1 Å². The number of hydrogen-bond donors (Lipinski definition) is 1. The zero-order chi connectivity index (χ0) is 19.0. The van der Waals surface area contributed by atoms with E-state index in [9.17, 15) is 8.42 Å². The van der Waals surface area contributed by atoms with Crippen LogP contribution in [0.2, 0.25) is 0 Å². The lowest BCUT2D eigenvalue weighted by Gasteiger charge is -2.23. The van der Waals surface area contributed by atoms with Crippen LogP contribution >= 0.6 is 0 Å². The van der Waals surface area contributed by atoms with Gasteiger partial charge in [0.2, 0.25) is 10.0 Å². The molecule has 1 unspecified atom stereocenters. The molecule has 0 saturated heterocycles. The molecule has 0 spiro atoms. The molecule has 3 heterocycles. The lowest BCUT2D eigenvalue weighted by Crippen LogP contribution is -2.41. The highest BCUT2D eigenvalue weighted by molar-refractivity contribution is 7.89. The number of hydrogen-bond acceptors (Lipinski definition) is 6. The summed E-state index contributed by atoms with van der Waals surface area (Å²) in [5, 5.41) is 4.42. The molecule has 0 radical (unpaired) electrons. The molecule has 27 heavy (non-hydrogen) atoms. The Kier molecular flexibility index (Phi) is 4.56. The van der Waals surface area contributed by atoms with Crippen LogP contribution in [0.1, 0.15) is 30.9 Å². The van der Waals surface area contributed by atoms with Crippen molar-refractivity contribution in [1.29, 1.82) is 0 Å². The SMILES string of the molecule is CCc1nc2n(n1)CC(NS(=O)(=O)c1ccc(-c3coc(C)n3)cc1)CC2. The number of aryl methyl sites for hydroxylation is 3. The summed E-state index contributed by atoms with van der Waals surface area (Å²) < 4.78 is 35.3. The number of benzene rings is 1. The summed E-state index contributed by atoms with van der Waals surface area (Å²) in [5.41, 5.74) is 1.49. The fourth-order valence-corrected chi connectivity index (χ4v) is 4.46. The molecule has 0 fully saturated rings. The number of sulfonamides is 1. The van der Waals surface area contributed by atoms with Crippen LogP contribution in [0.3, 0.4) is 0 Å². The van der Waals surface area contributed by atoms with E-state index in [4.69, 9.17) is 4.42 Å². The minimum Gasteiger partial charge on any atom is -0.449 e. The van der Waals surface area contributed by atoms with Gasteiger partial charge in [0, 0.05) is 31.4 Å². The smallest absolute Gasteiger partial charge is 0.240 e. The van der Waals surface area contributed by atoms with Crippen molar-refractivity contribution in [2.45, 2.75) is 50.6 Å². The lowest BCUT2D eigenvalue weighted by molar-refractivity contribution is 0.394. The van der Waals surface area contributed by atoms with Crippen LogP contribution in [-0.2, 0) is 29.4 Å². The summed E-state index contributed by atoms with van der Waals surface area (Å²) >= 11 is 0. The second-order valence-corrected chi connectivity index (χ2v) is 8.33. The Labute approximate surface area is 157 Å². The highest BCUT2D eigenvalue weighted by Crippen LogP contribution is 2.22. The van der Waals surface area contributed by atoms with E-state index >= 15 is 0 Å². The zero-order valence-electron chi connectivity index (χ0n) is 15.2. The molecular formula is C18H21N5O3S. The van der Waals surface area contributed by atoms with E-state index in [-0.39, 0.29) is 10.9 Å². The fourth-order valence-electron chi connectivity index (χ4n) is 3.19. The predicted molar refractivity (Wildman–Crippen MR) is 98.5 cm³/mol. The number of nitrogens with one attached hydrogen (secondary N) is 1. The van der Waals surface area contributed by atoms with Crippen molar-refractivity contribution in [1.82, 2.24) is 24.5 Å². The predicted octanol–water partition coefficient (Wildman–Crippen LogP) is 2.10. The van der Waals surface area contributed by atoms with Gasteiger partial charge in [-0.05, 0) is 18.6 Å². The van der Waals surface area contributed by atoms with Crippen molar-refractivity contribution < 1.29 is 12.8 Å². The Morgan fingerprint density at radius 3 is 2.70 bits per heavy atom. The molecule has 1 aromatic carbocycles. The summed E-state index contributed by atoms with van der Waals surface area (Å²) in [6.45, 7) is 4.27. The van der Waals surface area contributed by atoms with Gasteiger partial charge in [-0.25, -0.2) is 27.8 Å². The third-order valence-corrected chi connectivity index (χ3v) is 6.16. The van der Waals surface area contributed by atoms with Crippen LogP contribution < -0.4 is 4.72 Å². The van der Waals surface area contributed by atoms with E-state index in [2.05, 4.69) is 19.8 Å². The van der Waals surface area contributed by atoms with Crippen LogP contribution in [0.15, 0.2) is 39.8 Å². The highest BCUT2D eigenvalue weighted by atomic mass is 32.2. The average Bonchev–Trinajstić information content (AvgIpc) is 3.27. The molecule has 4 rings (SSSR count). The third kappa shape index (κ3) is 3.65. The molecule has 1 N–H and O–H groups in total. The molecule has 142 valence electrons. The van der Waals surface area contributed by atoms with E-state index in [0.29, 0.717) is 31.0 Å². The second-order valence-electron chi connectivity index (χ2n) is 6.61. The first kappa shape index (κ1) is 17.9. The maximum Gasteiger partial charge on any atom is 0.240 e. The van der Waals surface area contributed by atoms with E-state index in [1.54, 1.807) is 37.5 Å². The van der Waals surface area contributed by atoms with Crippen molar-refractivity contribution in [3.63, 3.8) is 0 Å². The van der Waals surface area contributed by atoms with Gasteiger partial charge in [0.15, 0.2) is 11.7 Å². The van der Waals surface area contributed by atoms with Crippen LogP contribution in [-0.4, -0.2) is 34.2 Å². The molecule has 1 aliphatic rings. The minimum atomic E-state index is -3.61. The Hall–Kier alpha value is -2.52. The Balaban J connectivity index is 1.48. The van der Waals surface area contributed by atoms with Gasteiger partial charge < -0.3 is 4.42 Å². The molecular weight excluding hydrogens is 366 g/mol. The maximum atomic E-state index is 12.7. The van der Waals surface area contributed by atoms with Crippen molar-refractivity contribution in [2.75, 3.05) is 0 Å². The van der Waals surface area contributed by atoms with Crippen molar-refractivity contribution in [2.24, 2.45) is 0 Å². The lowest BCUT2D eigenvalue weighted by atomic mass is 10.1. The standard InChI is InChI=1S/C18H21N5O3S/c1-3-17-20-18-9-6-14(10-23(18)21-17)22-27(24,25)15-7-4-13(5-8-15)16-11-26-12(2)19-16/h4-5,7-8,11,14,22H,3,6,9-10H2,1-2H3. The summed E-state index contributed by atoms with van der Waals surface area (Å²) in [7, 11) is -3.61. The molecule has 1 aliphatic heterocycles. The first-order chi connectivity index (χ1) is 12.9. The minimum absolute atomic E-state index is 0.202. The van der Waals surface area contributed by atoms with Gasteiger partial charge in [-0.3, -0.25) is 0 Å². The van der Waals surface area contributed by atoms with Gasteiger partial charge in [0.1, 0.15) is 17.8 Å². The molecule has 0 saturated carbocycles. The van der Waals surface area contributed by atoms with Crippen LogP contribution in [0.5, 0.6) is 0 Å². The number of oxazole rings is 1. The largest absolute Gasteiger partial charge is 0.449 e. The molecule has 1 atom stereocenters. The number of aromatic nitrogens is 4. The molecule has 9 heteroatoms. The zero-order valence-corrected chi connectivity index (χ0v) is 16.0. The van der Waals surface area contributed by atoms with E-state index in [1.165, 1.54) is 0 Å². The van der Waals surface area contributed by atoms with Gasteiger partial charge in [-0.2, -0.15) is 5.10 Å². The molecule has 8 nitrogen and oxygen atoms in total. The van der Waals surface area contributed by atoms with Gasteiger partial charge in [0.25, 0.3) is 0 Å². The molecule has 3 aromatic rings. The highest BCUT2D eigenvalue weighted by Gasteiger charge is 2.26. The first-order valence-electron chi connectivity index (χ1n) is 8.92. The molecule has 0 aliphatic carbocycles. The summed E-state index contributed by atoms with van der Waals surface area (Å²) in [6, 6.07) is 6.43. The monoisotopic (exact) mass is 387 g/mol. The molecule has 0 bridgehead atoms. The van der Waals surface area contributed by atoms with Crippen LogP contribution in [0.25, 0.3) is 11.3 Å². The van der Waals surface area contributed by atoms with E-state index in [0.717, 1.165) is 23.6 Å².